The molecule has 7 heteroatoms. The normalized spacial score (nSPS) is 12.4. The summed E-state index contributed by atoms with van der Waals surface area (Å²) in [6.07, 6.45) is 0. The maximum Gasteiger partial charge on any atom is 0.494 e. The Morgan fingerprint density at radius 3 is 2.24 bits per heavy atom. The lowest BCUT2D eigenvalue weighted by Crippen LogP contribution is -2.53. The Labute approximate surface area is 123 Å². The molecule has 0 spiro atoms. The van der Waals surface area contributed by atoms with Crippen molar-refractivity contribution < 1.29 is 29.1 Å². The number of carbonyl (C=O) groups is 1. The minimum Gasteiger partial charge on any atom is -0.478 e. The first-order chi connectivity index (χ1) is 9.36. The molecular formula is C14H20BFO5. The van der Waals surface area contributed by atoms with Crippen LogP contribution in [-0.4, -0.2) is 39.5 Å². The second-order valence-electron chi connectivity index (χ2n) is 6.04. The van der Waals surface area contributed by atoms with E-state index in [9.17, 15) is 19.3 Å². The van der Waals surface area contributed by atoms with Gasteiger partial charge in [0.25, 0.3) is 0 Å². The highest BCUT2D eigenvalue weighted by Crippen LogP contribution is 2.25. The molecule has 21 heavy (non-hydrogen) atoms. The van der Waals surface area contributed by atoms with Crippen molar-refractivity contribution in [2.24, 2.45) is 0 Å². The Balaban J connectivity index is 3.19. The second kappa shape index (κ2) is 5.75. The zero-order valence-corrected chi connectivity index (χ0v) is 12.8. The van der Waals surface area contributed by atoms with Gasteiger partial charge in [0.15, 0.2) is 0 Å². The summed E-state index contributed by atoms with van der Waals surface area (Å²) in [5.74, 6) is -1.97. The Morgan fingerprint density at radius 2 is 1.81 bits per heavy atom. The lowest BCUT2D eigenvalue weighted by Gasteiger charge is -2.38. The standard InChI is InChI=1S/C14H20BFO5/c1-8-6-9(12(17)18)7-10(11(8)16)15(20)21-14(4,5)13(2,3)19/h6-7,19-20H,1-5H3,(H,17,18). The topological polar surface area (TPSA) is 87.0 Å². The molecule has 0 unspecified atom stereocenters. The van der Waals surface area contributed by atoms with E-state index in [0.717, 1.165) is 6.07 Å². The average molecular weight is 298 g/mol. The van der Waals surface area contributed by atoms with Crippen molar-refractivity contribution in [3.63, 3.8) is 0 Å². The van der Waals surface area contributed by atoms with Gasteiger partial charge in [-0.15, -0.1) is 0 Å². The molecule has 1 aromatic carbocycles. The number of halogens is 1. The van der Waals surface area contributed by atoms with E-state index in [2.05, 4.69) is 0 Å². The van der Waals surface area contributed by atoms with Crippen LogP contribution in [0, 0.1) is 12.7 Å². The van der Waals surface area contributed by atoms with Gasteiger partial charge in [-0.2, -0.15) is 0 Å². The van der Waals surface area contributed by atoms with E-state index in [4.69, 9.17) is 9.76 Å². The van der Waals surface area contributed by atoms with Crippen molar-refractivity contribution in [2.75, 3.05) is 0 Å². The molecule has 3 N–H and O–H groups in total. The van der Waals surface area contributed by atoms with Gasteiger partial charge >= 0.3 is 13.1 Å². The van der Waals surface area contributed by atoms with E-state index in [1.54, 1.807) is 13.8 Å². The minimum atomic E-state index is -1.69. The van der Waals surface area contributed by atoms with Gasteiger partial charge in [-0.1, -0.05) is 0 Å². The Kier molecular flexibility index (Phi) is 4.82. The van der Waals surface area contributed by atoms with E-state index in [1.165, 1.54) is 26.8 Å². The third kappa shape index (κ3) is 3.81. The molecule has 0 radical (unpaired) electrons. The molecule has 116 valence electrons. The second-order valence-corrected chi connectivity index (χ2v) is 6.04. The van der Waals surface area contributed by atoms with E-state index < -0.39 is 30.1 Å². The Bertz CT molecular complexity index is 551. The first-order valence-electron chi connectivity index (χ1n) is 6.48. The smallest absolute Gasteiger partial charge is 0.478 e. The largest absolute Gasteiger partial charge is 0.494 e. The predicted octanol–water partition coefficient (Wildman–Crippen LogP) is 1.09. The van der Waals surface area contributed by atoms with Crippen molar-refractivity contribution in [3.05, 3.63) is 29.1 Å². The fourth-order valence-electron chi connectivity index (χ4n) is 1.59. The summed E-state index contributed by atoms with van der Waals surface area (Å²) in [4.78, 5) is 11.0. The van der Waals surface area contributed by atoms with Crippen LogP contribution in [-0.2, 0) is 4.65 Å². The summed E-state index contributed by atoms with van der Waals surface area (Å²) < 4.78 is 19.4. The highest BCUT2D eigenvalue weighted by Gasteiger charge is 2.40. The van der Waals surface area contributed by atoms with Crippen molar-refractivity contribution in [3.8, 4) is 0 Å². The summed E-state index contributed by atoms with van der Waals surface area (Å²) in [6.45, 7) is 7.48. The molecule has 5 nitrogen and oxygen atoms in total. The van der Waals surface area contributed by atoms with Gasteiger partial charge < -0.3 is 19.9 Å². The lowest BCUT2D eigenvalue weighted by molar-refractivity contribution is -0.0983. The van der Waals surface area contributed by atoms with Crippen molar-refractivity contribution in [2.45, 2.75) is 45.8 Å². The first kappa shape index (κ1) is 17.6. The van der Waals surface area contributed by atoms with Crippen molar-refractivity contribution in [1.82, 2.24) is 0 Å². The minimum absolute atomic E-state index is 0.0913. The summed E-state index contributed by atoms with van der Waals surface area (Å²) >= 11 is 0. The van der Waals surface area contributed by atoms with Crippen LogP contribution in [0.15, 0.2) is 12.1 Å². The molecule has 0 saturated heterocycles. The average Bonchev–Trinajstić information content (AvgIpc) is 2.29. The molecule has 1 aromatic rings. The number of hydrogen-bond donors (Lipinski definition) is 3. The molecule has 1 rings (SSSR count). The van der Waals surface area contributed by atoms with Gasteiger partial charge in [0.05, 0.1) is 16.8 Å². The highest BCUT2D eigenvalue weighted by molar-refractivity contribution is 6.60. The van der Waals surface area contributed by atoms with E-state index in [0.29, 0.717) is 0 Å². The summed E-state index contributed by atoms with van der Waals surface area (Å²) in [5, 5.41) is 29.0. The molecule has 0 heterocycles. The molecule has 0 aliphatic carbocycles. The molecule has 0 aromatic heterocycles. The fraction of sp³-hybridized carbons (Fsp3) is 0.500. The van der Waals surface area contributed by atoms with Gasteiger partial charge in [-0.05, 0) is 52.3 Å². The predicted molar refractivity (Wildman–Crippen MR) is 77.2 cm³/mol. The van der Waals surface area contributed by atoms with Gasteiger partial charge in [0.1, 0.15) is 5.82 Å². The van der Waals surface area contributed by atoms with Crippen molar-refractivity contribution in [1.29, 1.82) is 0 Å². The molecule has 0 aliphatic heterocycles. The van der Waals surface area contributed by atoms with Crippen LogP contribution in [0.5, 0.6) is 0 Å². The summed E-state index contributed by atoms with van der Waals surface area (Å²) in [7, 11) is -1.69. The molecule has 0 fully saturated rings. The van der Waals surface area contributed by atoms with Crippen LogP contribution < -0.4 is 5.46 Å². The molecule has 0 atom stereocenters. The van der Waals surface area contributed by atoms with Crippen LogP contribution in [0.4, 0.5) is 4.39 Å². The number of hydrogen-bond acceptors (Lipinski definition) is 4. The van der Waals surface area contributed by atoms with E-state index in [-0.39, 0.29) is 16.6 Å². The first-order valence-corrected chi connectivity index (χ1v) is 6.48. The van der Waals surface area contributed by atoms with E-state index in [1.807, 2.05) is 0 Å². The molecule has 0 bridgehead atoms. The van der Waals surface area contributed by atoms with Crippen LogP contribution in [0.2, 0.25) is 0 Å². The lowest BCUT2D eigenvalue weighted by atomic mass is 9.75. The Morgan fingerprint density at radius 1 is 1.29 bits per heavy atom. The van der Waals surface area contributed by atoms with Gasteiger partial charge in [-0.25, -0.2) is 9.18 Å². The zero-order valence-electron chi connectivity index (χ0n) is 12.8. The summed E-state index contributed by atoms with van der Waals surface area (Å²) in [5.41, 5.74) is -2.79. The van der Waals surface area contributed by atoms with Gasteiger partial charge in [0, 0.05) is 5.46 Å². The third-order valence-electron chi connectivity index (χ3n) is 3.68. The Hall–Kier alpha value is -1.44. The monoisotopic (exact) mass is 298 g/mol. The molecular weight excluding hydrogens is 278 g/mol. The maximum absolute atomic E-state index is 14.1. The van der Waals surface area contributed by atoms with Gasteiger partial charge in [-0.3, -0.25) is 0 Å². The number of aryl methyl sites for hydroxylation is 1. The quantitative estimate of drug-likeness (QED) is 0.708. The van der Waals surface area contributed by atoms with Gasteiger partial charge in [0.2, 0.25) is 0 Å². The third-order valence-corrected chi connectivity index (χ3v) is 3.68. The number of aliphatic hydroxyl groups is 1. The number of rotatable bonds is 5. The zero-order chi connectivity index (χ0) is 16.6. The molecule has 0 saturated carbocycles. The molecule has 0 amide bonds. The maximum atomic E-state index is 14.1. The number of carboxylic acids is 1. The number of benzene rings is 1. The number of aromatic carboxylic acids is 1. The van der Waals surface area contributed by atoms with Crippen LogP contribution in [0.3, 0.4) is 0 Å². The SMILES string of the molecule is Cc1cc(C(=O)O)cc(B(O)OC(C)(C)C(C)(C)O)c1F. The fourth-order valence-corrected chi connectivity index (χ4v) is 1.59. The highest BCUT2D eigenvalue weighted by atomic mass is 19.1. The van der Waals surface area contributed by atoms with E-state index >= 15 is 0 Å². The van der Waals surface area contributed by atoms with Crippen LogP contribution >= 0.6 is 0 Å². The number of carboxylic acid groups (broad SMARTS) is 1. The molecule has 0 aliphatic rings. The van der Waals surface area contributed by atoms with Crippen LogP contribution in [0.25, 0.3) is 0 Å². The van der Waals surface area contributed by atoms with Crippen LogP contribution in [0.1, 0.15) is 43.6 Å². The van der Waals surface area contributed by atoms with Crippen molar-refractivity contribution >= 4 is 18.6 Å². The summed E-state index contributed by atoms with van der Waals surface area (Å²) in [6, 6.07) is 2.20.